The fourth-order valence-electron chi connectivity index (χ4n) is 2.43. The Kier molecular flexibility index (Phi) is 5.01. The van der Waals surface area contributed by atoms with Crippen LogP contribution in [0.3, 0.4) is 0 Å². The van der Waals surface area contributed by atoms with E-state index in [2.05, 4.69) is 5.16 Å². The summed E-state index contributed by atoms with van der Waals surface area (Å²) in [6.07, 6.45) is 1.07. The minimum Gasteiger partial charge on any atom is -0.492 e. The SMILES string of the molecule is O=C(O)CCc1noc2cc(OCCc3ccccc3)c(Cl)cc12. The summed E-state index contributed by atoms with van der Waals surface area (Å²) in [7, 11) is 0. The molecule has 0 radical (unpaired) electrons. The van der Waals surface area contributed by atoms with Crippen LogP contribution in [0.15, 0.2) is 47.0 Å². The first-order valence-electron chi connectivity index (χ1n) is 7.60. The Bertz CT molecular complexity index is 845. The van der Waals surface area contributed by atoms with Crippen LogP contribution in [0.25, 0.3) is 11.0 Å². The van der Waals surface area contributed by atoms with E-state index in [9.17, 15) is 4.79 Å². The first-order valence-corrected chi connectivity index (χ1v) is 7.97. The van der Waals surface area contributed by atoms with Crippen LogP contribution in [0.4, 0.5) is 0 Å². The van der Waals surface area contributed by atoms with Crippen molar-refractivity contribution in [3.05, 3.63) is 58.7 Å². The molecule has 2 aromatic carbocycles. The molecule has 5 nitrogen and oxygen atoms in total. The third-order valence-corrected chi connectivity index (χ3v) is 3.96. The number of aryl methyl sites for hydroxylation is 1. The predicted octanol–water partition coefficient (Wildman–Crippen LogP) is 4.12. The van der Waals surface area contributed by atoms with E-state index in [0.717, 1.165) is 11.8 Å². The van der Waals surface area contributed by atoms with E-state index in [-0.39, 0.29) is 6.42 Å². The van der Waals surface area contributed by atoms with E-state index in [1.165, 1.54) is 5.56 Å². The Morgan fingerprint density at radius 1 is 1.21 bits per heavy atom. The van der Waals surface area contributed by atoms with Crippen molar-refractivity contribution in [2.75, 3.05) is 6.61 Å². The molecule has 0 bridgehead atoms. The second kappa shape index (κ2) is 7.36. The number of aromatic nitrogens is 1. The van der Waals surface area contributed by atoms with Crippen molar-refractivity contribution in [3.8, 4) is 5.75 Å². The molecular weight excluding hydrogens is 330 g/mol. The first-order chi connectivity index (χ1) is 11.6. The predicted molar refractivity (Wildman–Crippen MR) is 90.6 cm³/mol. The van der Waals surface area contributed by atoms with Gasteiger partial charge in [0.1, 0.15) is 5.75 Å². The number of aliphatic carboxylic acids is 1. The van der Waals surface area contributed by atoms with Gasteiger partial charge in [-0.25, -0.2) is 0 Å². The van der Waals surface area contributed by atoms with Crippen molar-refractivity contribution < 1.29 is 19.2 Å². The highest BCUT2D eigenvalue weighted by atomic mass is 35.5. The number of nitrogens with zero attached hydrogens (tertiary/aromatic N) is 1. The van der Waals surface area contributed by atoms with E-state index >= 15 is 0 Å². The van der Waals surface area contributed by atoms with E-state index in [1.54, 1.807) is 12.1 Å². The Labute approximate surface area is 143 Å². The highest BCUT2D eigenvalue weighted by Crippen LogP contribution is 2.32. The number of benzene rings is 2. The summed E-state index contributed by atoms with van der Waals surface area (Å²) in [6.45, 7) is 0.495. The van der Waals surface area contributed by atoms with Gasteiger partial charge in [0.25, 0.3) is 0 Å². The minimum absolute atomic E-state index is 0.00538. The van der Waals surface area contributed by atoms with Gasteiger partial charge in [-0.3, -0.25) is 4.79 Å². The Morgan fingerprint density at radius 3 is 2.75 bits per heavy atom. The zero-order valence-electron chi connectivity index (χ0n) is 12.9. The lowest BCUT2D eigenvalue weighted by molar-refractivity contribution is -0.136. The third-order valence-electron chi connectivity index (χ3n) is 3.67. The van der Waals surface area contributed by atoms with Crippen molar-refractivity contribution in [1.29, 1.82) is 0 Å². The molecule has 0 spiro atoms. The maximum absolute atomic E-state index is 10.7. The summed E-state index contributed by atoms with van der Waals surface area (Å²) in [4.78, 5) is 10.7. The molecule has 1 N–H and O–H groups in total. The molecule has 0 aliphatic heterocycles. The largest absolute Gasteiger partial charge is 0.492 e. The van der Waals surface area contributed by atoms with Gasteiger partial charge in [-0.05, 0) is 11.6 Å². The van der Waals surface area contributed by atoms with Crippen LogP contribution in [0.2, 0.25) is 5.02 Å². The summed E-state index contributed by atoms with van der Waals surface area (Å²) in [5.41, 5.74) is 2.31. The topological polar surface area (TPSA) is 72.6 Å². The number of ether oxygens (including phenoxy) is 1. The van der Waals surface area contributed by atoms with Crippen LogP contribution in [-0.4, -0.2) is 22.8 Å². The lowest BCUT2D eigenvalue weighted by Crippen LogP contribution is -2.01. The maximum Gasteiger partial charge on any atom is 0.303 e. The van der Waals surface area contributed by atoms with Gasteiger partial charge in [-0.1, -0.05) is 47.1 Å². The zero-order chi connectivity index (χ0) is 16.9. The van der Waals surface area contributed by atoms with Gasteiger partial charge >= 0.3 is 5.97 Å². The maximum atomic E-state index is 10.7. The molecule has 0 aliphatic carbocycles. The number of hydrogen-bond acceptors (Lipinski definition) is 4. The average molecular weight is 346 g/mol. The fraction of sp³-hybridized carbons (Fsp3) is 0.222. The molecule has 0 amide bonds. The lowest BCUT2D eigenvalue weighted by Gasteiger charge is -2.08. The molecule has 0 aliphatic rings. The summed E-state index contributed by atoms with van der Waals surface area (Å²) in [5.74, 6) is -0.348. The molecule has 1 aromatic heterocycles. The summed E-state index contributed by atoms with van der Waals surface area (Å²) < 4.78 is 11.0. The van der Waals surface area contributed by atoms with Gasteiger partial charge in [0.2, 0.25) is 0 Å². The number of halogens is 1. The van der Waals surface area contributed by atoms with Gasteiger partial charge in [0, 0.05) is 24.3 Å². The van der Waals surface area contributed by atoms with Crippen molar-refractivity contribution in [2.24, 2.45) is 0 Å². The Morgan fingerprint density at radius 2 is 2.00 bits per heavy atom. The highest BCUT2D eigenvalue weighted by molar-refractivity contribution is 6.32. The van der Waals surface area contributed by atoms with Gasteiger partial charge in [-0.2, -0.15) is 0 Å². The molecule has 0 saturated heterocycles. The molecule has 3 aromatic rings. The lowest BCUT2D eigenvalue weighted by atomic mass is 10.1. The van der Waals surface area contributed by atoms with Crippen LogP contribution in [0.5, 0.6) is 5.75 Å². The van der Waals surface area contributed by atoms with Gasteiger partial charge in [0.05, 0.1) is 23.7 Å². The normalized spacial score (nSPS) is 10.9. The van der Waals surface area contributed by atoms with Crippen LogP contribution < -0.4 is 4.74 Å². The van der Waals surface area contributed by atoms with Crippen LogP contribution in [-0.2, 0) is 17.6 Å². The molecular formula is C18H16ClNO4. The summed E-state index contributed by atoms with van der Waals surface area (Å²) in [5, 5.41) is 13.9. The van der Waals surface area contributed by atoms with Crippen LogP contribution in [0.1, 0.15) is 17.7 Å². The van der Waals surface area contributed by atoms with Gasteiger partial charge in [0.15, 0.2) is 5.58 Å². The van der Waals surface area contributed by atoms with E-state index < -0.39 is 5.97 Å². The average Bonchev–Trinajstić information content (AvgIpc) is 2.96. The number of hydrogen-bond donors (Lipinski definition) is 1. The molecule has 6 heteroatoms. The fourth-order valence-corrected chi connectivity index (χ4v) is 2.65. The van der Waals surface area contributed by atoms with Crippen molar-refractivity contribution in [1.82, 2.24) is 5.16 Å². The number of carboxylic acid groups (broad SMARTS) is 1. The molecule has 0 saturated carbocycles. The first kappa shape index (κ1) is 16.3. The molecule has 1 heterocycles. The molecule has 0 unspecified atom stereocenters. The van der Waals surface area contributed by atoms with Gasteiger partial charge in [-0.15, -0.1) is 0 Å². The minimum atomic E-state index is -0.877. The standard InChI is InChI=1S/C18H16ClNO4/c19-14-10-13-15(6-7-18(21)22)20-24-16(13)11-17(14)23-9-8-12-4-2-1-3-5-12/h1-5,10-11H,6-9H2,(H,21,22). The highest BCUT2D eigenvalue weighted by Gasteiger charge is 2.14. The molecule has 3 rings (SSSR count). The molecule has 0 fully saturated rings. The van der Waals surface area contributed by atoms with Gasteiger partial charge < -0.3 is 14.4 Å². The monoisotopic (exact) mass is 345 g/mol. The number of fused-ring (bicyclic) bond motifs is 1. The number of carbonyl (C=O) groups is 1. The van der Waals surface area contributed by atoms with E-state index in [4.69, 9.17) is 26.0 Å². The molecule has 0 atom stereocenters. The number of rotatable bonds is 7. The smallest absolute Gasteiger partial charge is 0.303 e. The Hall–Kier alpha value is -2.53. The number of carboxylic acids is 1. The Balaban J connectivity index is 1.70. The van der Waals surface area contributed by atoms with Crippen LogP contribution in [0, 0.1) is 0 Å². The van der Waals surface area contributed by atoms with E-state index in [1.807, 2.05) is 30.3 Å². The molecule has 24 heavy (non-hydrogen) atoms. The van der Waals surface area contributed by atoms with Crippen molar-refractivity contribution in [2.45, 2.75) is 19.3 Å². The molecule has 124 valence electrons. The van der Waals surface area contributed by atoms with Crippen molar-refractivity contribution in [3.63, 3.8) is 0 Å². The summed E-state index contributed by atoms with van der Waals surface area (Å²) >= 11 is 6.27. The van der Waals surface area contributed by atoms with E-state index in [0.29, 0.717) is 35.1 Å². The second-order valence-electron chi connectivity index (χ2n) is 5.39. The van der Waals surface area contributed by atoms with Crippen molar-refractivity contribution >= 4 is 28.5 Å². The zero-order valence-corrected chi connectivity index (χ0v) is 13.6. The quantitative estimate of drug-likeness (QED) is 0.697. The van der Waals surface area contributed by atoms with Crippen LogP contribution >= 0.6 is 11.6 Å². The second-order valence-corrected chi connectivity index (χ2v) is 5.79. The third kappa shape index (κ3) is 3.86. The summed E-state index contributed by atoms with van der Waals surface area (Å²) in [6, 6.07) is 13.4.